The molecule has 0 saturated carbocycles. The van der Waals surface area contributed by atoms with Gasteiger partial charge in [0.05, 0.1) is 0 Å². The topological polar surface area (TPSA) is 80.7 Å². The van der Waals surface area contributed by atoms with Crippen LogP contribution in [0.15, 0.2) is 0 Å². The number of ether oxygens (including phenoxy) is 1. The molecule has 1 atom stereocenters. The quantitative estimate of drug-likeness (QED) is 0.557. The maximum Gasteiger partial charge on any atom is 0.314 e. The molecule has 0 heterocycles. The van der Waals surface area contributed by atoms with Gasteiger partial charge in [-0.15, -0.1) is 0 Å². The van der Waals surface area contributed by atoms with Gasteiger partial charge in [0.2, 0.25) is 0 Å². The first-order valence-corrected chi connectivity index (χ1v) is 4.55. The number of esters is 1. The van der Waals surface area contributed by atoms with Crippen LogP contribution in [0.5, 0.6) is 0 Å². The molecule has 1 N–H and O–H groups in total. The van der Waals surface area contributed by atoms with Crippen LogP contribution >= 0.6 is 0 Å². The fraction of sp³-hybridized carbons (Fsp3) is 0.700. The minimum absolute atomic E-state index is 0.483. The molecule has 0 saturated heterocycles. The average Bonchev–Trinajstić information content (AvgIpc) is 1.96. The number of aliphatic carboxylic acids is 1. The Morgan fingerprint density at radius 1 is 1.27 bits per heavy atom. The summed E-state index contributed by atoms with van der Waals surface area (Å²) in [4.78, 5) is 32.8. The maximum atomic E-state index is 11.5. The summed E-state index contributed by atoms with van der Waals surface area (Å²) in [5, 5.41) is 8.88. The van der Waals surface area contributed by atoms with Crippen molar-refractivity contribution in [2.24, 2.45) is 11.3 Å². The molecular formula is C10H16O5. The third-order valence-corrected chi connectivity index (χ3v) is 1.85. The lowest BCUT2D eigenvalue weighted by molar-refractivity contribution is -0.156. The number of carbonyl (C=O) groups is 3. The lowest BCUT2D eigenvalue weighted by Crippen LogP contribution is -2.37. The largest absolute Gasteiger partial charge is 0.481 e. The number of hydrogen-bond donors (Lipinski definition) is 1. The number of Topliss-reactive ketones (excluding diaryl/α,β-unsaturated/α-hetero) is 1. The Balaban J connectivity index is 4.59. The van der Waals surface area contributed by atoms with Crippen molar-refractivity contribution in [3.63, 3.8) is 0 Å². The van der Waals surface area contributed by atoms with Crippen molar-refractivity contribution in [3.05, 3.63) is 0 Å². The van der Waals surface area contributed by atoms with Crippen LogP contribution in [0.4, 0.5) is 0 Å². The van der Waals surface area contributed by atoms with E-state index < -0.39 is 35.7 Å². The van der Waals surface area contributed by atoms with Gasteiger partial charge in [-0.05, 0) is 5.41 Å². The summed E-state index contributed by atoms with van der Waals surface area (Å²) in [6, 6.07) is 0. The molecule has 1 unspecified atom stereocenters. The summed E-state index contributed by atoms with van der Waals surface area (Å²) >= 11 is 0. The van der Waals surface area contributed by atoms with Crippen LogP contribution in [-0.2, 0) is 19.1 Å². The van der Waals surface area contributed by atoms with Crippen molar-refractivity contribution >= 4 is 17.7 Å². The zero-order valence-electron chi connectivity index (χ0n) is 9.36. The van der Waals surface area contributed by atoms with E-state index in [9.17, 15) is 14.4 Å². The van der Waals surface area contributed by atoms with Crippen molar-refractivity contribution in [1.82, 2.24) is 0 Å². The Morgan fingerprint density at radius 3 is 2.00 bits per heavy atom. The van der Waals surface area contributed by atoms with E-state index >= 15 is 0 Å². The van der Waals surface area contributed by atoms with Crippen molar-refractivity contribution < 1.29 is 24.2 Å². The third-order valence-electron chi connectivity index (χ3n) is 1.85. The van der Waals surface area contributed by atoms with Crippen LogP contribution in [0, 0.1) is 11.3 Å². The summed E-state index contributed by atoms with van der Waals surface area (Å²) in [5.41, 5.74) is -0.691. The van der Waals surface area contributed by atoms with Gasteiger partial charge in [0.1, 0.15) is 5.92 Å². The molecule has 0 aliphatic carbocycles. The van der Waals surface area contributed by atoms with E-state index in [1.54, 1.807) is 20.8 Å². The predicted molar refractivity (Wildman–Crippen MR) is 52.2 cm³/mol. The van der Waals surface area contributed by atoms with E-state index in [0.717, 1.165) is 0 Å². The predicted octanol–water partition coefficient (Wildman–Crippen LogP) is 0.865. The highest BCUT2D eigenvalue weighted by atomic mass is 16.5. The highest BCUT2D eigenvalue weighted by Gasteiger charge is 2.37. The molecule has 0 bridgehead atoms. The number of carboxylic acid groups (broad SMARTS) is 1. The van der Waals surface area contributed by atoms with Crippen LogP contribution in [0.2, 0.25) is 0 Å². The van der Waals surface area contributed by atoms with Gasteiger partial charge < -0.3 is 9.84 Å². The Labute approximate surface area is 88.4 Å². The Hall–Kier alpha value is -1.39. The second kappa shape index (κ2) is 4.91. The van der Waals surface area contributed by atoms with E-state index in [0.29, 0.717) is 0 Å². The number of ketones is 1. The van der Waals surface area contributed by atoms with Crippen molar-refractivity contribution in [2.45, 2.75) is 27.7 Å². The van der Waals surface area contributed by atoms with Gasteiger partial charge in [-0.3, -0.25) is 14.4 Å². The molecule has 0 aromatic rings. The zero-order valence-corrected chi connectivity index (χ0v) is 9.36. The molecule has 86 valence electrons. The lowest BCUT2D eigenvalue weighted by Gasteiger charge is -2.25. The van der Waals surface area contributed by atoms with Gasteiger partial charge in [0, 0.05) is 6.92 Å². The van der Waals surface area contributed by atoms with Crippen molar-refractivity contribution in [2.75, 3.05) is 6.61 Å². The molecule has 5 nitrogen and oxygen atoms in total. The summed E-state index contributed by atoms with van der Waals surface area (Å²) in [6.45, 7) is 5.63. The van der Waals surface area contributed by atoms with Gasteiger partial charge in [-0.1, -0.05) is 20.8 Å². The number of carbonyl (C=O) groups excluding carboxylic acids is 2. The SMILES string of the molecule is CC(=O)OCC(=O)C(C(=O)O)C(C)(C)C. The summed E-state index contributed by atoms with van der Waals surface area (Å²) < 4.78 is 4.48. The van der Waals surface area contributed by atoms with Gasteiger partial charge in [-0.25, -0.2) is 0 Å². The van der Waals surface area contributed by atoms with E-state index in [4.69, 9.17) is 5.11 Å². The zero-order chi connectivity index (χ0) is 12.2. The van der Waals surface area contributed by atoms with Gasteiger partial charge in [0.15, 0.2) is 12.4 Å². The second-order valence-corrected chi connectivity index (χ2v) is 4.38. The Kier molecular flexibility index (Phi) is 4.45. The van der Waals surface area contributed by atoms with Crippen LogP contribution < -0.4 is 0 Å². The minimum atomic E-state index is -1.19. The molecule has 5 heteroatoms. The Morgan fingerprint density at radius 2 is 1.73 bits per heavy atom. The molecule has 0 fully saturated rings. The second-order valence-electron chi connectivity index (χ2n) is 4.38. The first-order valence-electron chi connectivity index (χ1n) is 4.55. The lowest BCUT2D eigenvalue weighted by atomic mass is 9.78. The molecule has 0 amide bonds. The normalized spacial score (nSPS) is 13.1. The first kappa shape index (κ1) is 13.6. The standard InChI is InChI=1S/C10H16O5/c1-6(11)15-5-7(12)8(9(13)14)10(2,3)4/h8H,5H2,1-4H3,(H,13,14). The van der Waals surface area contributed by atoms with E-state index in [1.807, 2.05) is 0 Å². The molecule has 0 aliphatic heterocycles. The summed E-state index contributed by atoms with van der Waals surface area (Å²) in [6.07, 6.45) is 0. The summed E-state index contributed by atoms with van der Waals surface area (Å²) in [7, 11) is 0. The van der Waals surface area contributed by atoms with Gasteiger partial charge in [-0.2, -0.15) is 0 Å². The smallest absolute Gasteiger partial charge is 0.314 e. The highest BCUT2D eigenvalue weighted by molar-refractivity contribution is 6.00. The van der Waals surface area contributed by atoms with E-state index in [1.165, 1.54) is 6.92 Å². The van der Waals surface area contributed by atoms with Gasteiger partial charge in [0.25, 0.3) is 0 Å². The number of hydrogen-bond acceptors (Lipinski definition) is 4. The number of carboxylic acids is 1. The van der Waals surface area contributed by atoms with Crippen molar-refractivity contribution in [1.29, 1.82) is 0 Å². The Bertz CT molecular complexity index is 274. The van der Waals surface area contributed by atoms with Crippen LogP contribution in [0.3, 0.4) is 0 Å². The third kappa shape index (κ3) is 4.58. The molecule has 0 rings (SSSR count). The molecule has 15 heavy (non-hydrogen) atoms. The van der Waals surface area contributed by atoms with Crippen LogP contribution in [-0.4, -0.2) is 29.4 Å². The van der Waals surface area contributed by atoms with Crippen molar-refractivity contribution in [3.8, 4) is 0 Å². The van der Waals surface area contributed by atoms with Crippen LogP contribution in [0.1, 0.15) is 27.7 Å². The van der Waals surface area contributed by atoms with E-state index in [2.05, 4.69) is 4.74 Å². The molecule has 0 radical (unpaired) electrons. The fourth-order valence-corrected chi connectivity index (χ4v) is 1.25. The molecule has 0 aromatic carbocycles. The molecule has 0 spiro atoms. The highest BCUT2D eigenvalue weighted by Crippen LogP contribution is 2.26. The molecular weight excluding hydrogens is 200 g/mol. The monoisotopic (exact) mass is 216 g/mol. The summed E-state index contributed by atoms with van der Waals surface area (Å²) in [5.74, 6) is -3.54. The average molecular weight is 216 g/mol. The maximum absolute atomic E-state index is 11.5. The molecule has 0 aliphatic rings. The molecule has 0 aromatic heterocycles. The fourth-order valence-electron chi connectivity index (χ4n) is 1.25. The number of rotatable bonds is 4. The minimum Gasteiger partial charge on any atom is -0.481 e. The van der Waals surface area contributed by atoms with E-state index in [-0.39, 0.29) is 0 Å². The van der Waals surface area contributed by atoms with Crippen LogP contribution in [0.25, 0.3) is 0 Å². The first-order chi connectivity index (χ1) is 6.66. The van der Waals surface area contributed by atoms with Gasteiger partial charge >= 0.3 is 11.9 Å².